The van der Waals surface area contributed by atoms with Crippen molar-refractivity contribution in [2.24, 2.45) is 0 Å². The second-order valence-corrected chi connectivity index (χ2v) is 6.17. The molecule has 126 valence electrons. The summed E-state index contributed by atoms with van der Waals surface area (Å²) < 4.78 is 16.0. The molecule has 0 aliphatic rings. The Bertz CT molecular complexity index is 1060. The number of aromatic hydroxyl groups is 1. The topological polar surface area (TPSA) is 68.9 Å². The summed E-state index contributed by atoms with van der Waals surface area (Å²) in [6, 6.07) is 1.41. The summed E-state index contributed by atoms with van der Waals surface area (Å²) in [5.41, 5.74) is 0.112. The fraction of sp³-hybridized carbons (Fsp3) is 0.188. The van der Waals surface area contributed by atoms with Crippen LogP contribution in [0.15, 0.2) is 15.3 Å². The lowest BCUT2D eigenvalue weighted by Gasteiger charge is -2.13. The van der Waals surface area contributed by atoms with E-state index in [1.807, 2.05) is 0 Å². The predicted molar refractivity (Wildman–Crippen MR) is 94.5 cm³/mol. The molecule has 5 nitrogen and oxygen atoms in total. The summed E-state index contributed by atoms with van der Waals surface area (Å²) in [4.78, 5) is 12.9. The molecule has 1 N–H and O–H groups in total. The minimum atomic E-state index is -0.503. The molecule has 3 rings (SSSR count). The van der Waals surface area contributed by atoms with E-state index in [4.69, 9.17) is 48.7 Å². The molecular formula is C16H11Cl3O5. The lowest BCUT2D eigenvalue weighted by atomic mass is 10.1. The zero-order valence-electron chi connectivity index (χ0n) is 12.8. The van der Waals surface area contributed by atoms with Gasteiger partial charge in [0.25, 0.3) is 0 Å². The molecule has 0 bridgehead atoms. The van der Waals surface area contributed by atoms with Crippen molar-refractivity contribution < 1.29 is 19.0 Å². The molecule has 2 aromatic carbocycles. The van der Waals surface area contributed by atoms with E-state index in [2.05, 4.69) is 0 Å². The van der Waals surface area contributed by atoms with Crippen molar-refractivity contribution in [2.45, 2.75) is 6.92 Å². The fourth-order valence-electron chi connectivity index (χ4n) is 2.59. The van der Waals surface area contributed by atoms with E-state index in [0.29, 0.717) is 5.56 Å². The Hall–Kier alpha value is -1.82. The molecule has 3 aromatic rings. The maximum absolute atomic E-state index is 12.9. The van der Waals surface area contributed by atoms with Gasteiger partial charge in [-0.3, -0.25) is 4.79 Å². The quantitative estimate of drug-likeness (QED) is 0.629. The lowest BCUT2D eigenvalue weighted by molar-refractivity contribution is 0.408. The first-order valence-corrected chi connectivity index (χ1v) is 7.84. The van der Waals surface area contributed by atoms with Gasteiger partial charge in [0.05, 0.1) is 24.6 Å². The highest BCUT2D eigenvalue weighted by molar-refractivity contribution is 6.41. The number of rotatable bonds is 2. The molecule has 1 heterocycles. The number of phenolic OH excluding ortho intramolecular Hbond substituents is 1. The smallest absolute Gasteiger partial charge is 0.204 e. The SMILES string of the molecule is COc1cc2oc3c(Cl)c(OC)c(Cl)c(C)c3c(=O)c2c(O)c1Cl. The van der Waals surface area contributed by atoms with Crippen LogP contribution in [-0.2, 0) is 0 Å². The molecule has 0 aliphatic carbocycles. The minimum Gasteiger partial charge on any atom is -0.505 e. The summed E-state index contributed by atoms with van der Waals surface area (Å²) in [7, 11) is 2.79. The summed E-state index contributed by atoms with van der Waals surface area (Å²) in [6.45, 7) is 1.63. The molecule has 1 aromatic heterocycles. The number of hydrogen-bond acceptors (Lipinski definition) is 5. The Kier molecular flexibility index (Phi) is 4.20. The number of phenols is 1. The van der Waals surface area contributed by atoms with E-state index in [-0.39, 0.29) is 48.5 Å². The number of ether oxygens (including phenoxy) is 2. The van der Waals surface area contributed by atoms with Crippen LogP contribution in [0.2, 0.25) is 15.1 Å². The summed E-state index contributed by atoms with van der Waals surface area (Å²) in [5.74, 6) is -0.0574. The van der Waals surface area contributed by atoms with Crippen LogP contribution < -0.4 is 14.9 Å². The highest BCUT2D eigenvalue weighted by atomic mass is 35.5. The highest BCUT2D eigenvalue weighted by Crippen LogP contribution is 2.44. The van der Waals surface area contributed by atoms with E-state index in [1.54, 1.807) is 6.92 Å². The van der Waals surface area contributed by atoms with Crippen molar-refractivity contribution in [1.82, 2.24) is 0 Å². The molecular weight excluding hydrogens is 379 g/mol. The fourth-order valence-corrected chi connectivity index (χ4v) is 3.43. The predicted octanol–water partition coefficient (Wildman–Crippen LogP) is 4.94. The summed E-state index contributed by atoms with van der Waals surface area (Å²) >= 11 is 18.5. The third-order valence-electron chi connectivity index (χ3n) is 3.79. The van der Waals surface area contributed by atoms with Gasteiger partial charge in [-0.05, 0) is 12.5 Å². The Morgan fingerprint density at radius 1 is 1.04 bits per heavy atom. The van der Waals surface area contributed by atoms with Crippen LogP contribution in [0.5, 0.6) is 17.2 Å². The Morgan fingerprint density at radius 3 is 2.29 bits per heavy atom. The molecule has 0 radical (unpaired) electrons. The van der Waals surface area contributed by atoms with Gasteiger partial charge in [0, 0.05) is 6.07 Å². The van der Waals surface area contributed by atoms with Gasteiger partial charge in [0.2, 0.25) is 5.43 Å². The minimum absolute atomic E-state index is 0.0653. The first kappa shape index (κ1) is 17.0. The number of aryl methyl sites for hydroxylation is 1. The normalized spacial score (nSPS) is 11.2. The number of hydrogen-bond donors (Lipinski definition) is 1. The molecule has 0 fully saturated rings. The van der Waals surface area contributed by atoms with Gasteiger partial charge in [0.15, 0.2) is 17.1 Å². The molecule has 0 unspecified atom stereocenters. The molecule has 0 amide bonds. The van der Waals surface area contributed by atoms with Crippen molar-refractivity contribution in [3.63, 3.8) is 0 Å². The molecule has 24 heavy (non-hydrogen) atoms. The van der Waals surface area contributed by atoms with Crippen molar-refractivity contribution in [3.05, 3.63) is 36.9 Å². The van der Waals surface area contributed by atoms with Crippen LogP contribution in [0.25, 0.3) is 21.9 Å². The number of halogens is 3. The van der Waals surface area contributed by atoms with Gasteiger partial charge in [-0.25, -0.2) is 0 Å². The summed E-state index contributed by atoms with van der Waals surface area (Å²) in [6.07, 6.45) is 0. The van der Waals surface area contributed by atoms with Crippen molar-refractivity contribution in [2.75, 3.05) is 14.2 Å². The van der Waals surface area contributed by atoms with Crippen molar-refractivity contribution in [1.29, 1.82) is 0 Å². The Balaban J connectivity index is 2.65. The molecule has 0 spiro atoms. The highest BCUT2D eigenvalue weighted by Gasteiger charge is 2.24. The number of benzene rings is 2. The zero-order chi connectivity index (χ0) is 17.8. The lowest BCUT2D eigenvalue weighted by Crippen LogP contribution is -2.06. The average Bonchev–Trinajstić information content (AvgIpc) is 2.56. The van der Waals surface area contributed by atoms with Crippen molar-refractivity contribution in [3.8, 4) is 17.2 Å². The van der Waals surface area contributed by atoms with Gasteiger partial charge in [0.1, 0.15) is 26.8 Å². The van der Waals surface area contributed by atoms with E-state index in [1.165, 1.54) is 20.3 Å². The maximum atomic E-state index is 12.9. The average molecular weight is 390 g/mol. The molecule has 0 atom stereocenters. The van der Waals surface area contributed by atoms with Gasteiger partial charge in [-0.2, -0.15) is 0 Å². The van der Waals surface area contributed by atoms with E-state index in [0.717, 1.165) is 0 Å². The zero-order valence-corrected chi connectivity index (χ0v) is 15.1. The van der Waals surface area contributed by atoms with Crippen LogP contribution in [0, 0.1) is 6.92 Å². The standard InChI is InChI=1S/C16H11Cl3O5/c1-5-8-13(20)9-6(4-7(22-2)11(18)14(9)21)24-15(8)12(19)16(23-3)10(5)17/h4,21H,1-3H3. The Morgan fingerprint density at radius 2 is 1.71 bits per heavy atom. The van der Waals surface area contributed by atoms with E-state index < -0.39 is 11.2 Å². The second kappa shape index (κ2) is 5.92. The van der Waals surface area contributed by atoms with Gasteiger partial charge >= 0.3 is 0 Å². The third-order valence-corrected chi connectivity index (χ3v) is 4.95. The second-order valence-electron chi connectivity index (χ2n) is 5.04. The first-order valence-electron chi connectivity index (χ1n) is 6.71. The van der Waals surface area contributed by atoms with Gasteiger partial charge in [-0.15, -0.1) is 0 Å². The van der Waals surface area contributed by atoms with Gasteiger partial charge in [-0.1, -0.05) is 34.8 Å². The van der Waals surface area contributed by atoms with Crippen LogP contribution >= 0.6 is 34.8 Å². The maximum Gasteiger partial charge on any atom is 0.204 e. The van der Waals surface area contributed by atoms with Crippen molar-refractivity contribution >= 4 is 56.7 Å². The molecule has 0 saturated heterocycles. The van der Waals surface area contributed by atoms with E-state index >= 15 is 0 Å². The molecule has 0 aliphatic heterocycles. The van der Waals surface area contributed by atoms with Crippen LogP contribution in [-0.4, -0.2) is 19.3 Å². The third kappa shape index (κ3) is 2.19. The van der Waals surface area contributed by atoms with Gasteiger partial charge < -0.3 is 19.0 Å². The molecule has 0 saturated carbocycles. The van der Waals surface area contributed by atoms with E-state index in [9.17, 15) is 9.90 Å². The number of methoxy groups -OCH3 is 2. The van der Waals surface area contributed by atoms with Crippen LogP contribution in [0.4, 0.5) is 0 Å². The monoisotopic (exact) mass is 388 g/mol. The number of fused-ring (bicyclic) bond motifs is 2. The van der Waals surface area contributed by atoms with Crippen LogP contribution in [0.1, 0.15) is 5.56 Å². The molecule has 8 heteroatoms. The summed E-state index contributed by atoms with van der Waals surface area (Å²) in [5, 5.41) is 10.5. The first-order chi connectivity index (χ1) is 11.3. The largest absolute Gasteiger partial charge is 0.505 e. The Labute approximate surface area is 151 Å². The van der Waals surface area contributed by atoms with Crippen LogP contribution in [0.3, 0.4) is 0 Å².